The molecule has 3 aromatic rings. The number of aliphatic hydroxyl groups excluding tert-OH is 1. The van der Waals surface area contributed by atoms with Crippen LogP contribution >= 0.6 is 0 Å². The molecule has 0 saturated carbocycles. The molecule has 3 heterocycles. The minimum Gasteiger partial charge on any atom is -0.481 e. The van der Waals surface area contributed by atoms with Gasteiger partial charge in [-0.05, 0) is 36.8 Å². The van der Waals surface area contributed by atoms with Crippen molar-refractivity contribution in [2.75, 3.05) is 13.2 Å². The van der Waals surface area contributed by atoms with Crippen molar-refractivity contribution < 1.29 is 63.6 Å². The maximum Gasteiger partial charge on any atom is 0.326 e. The fourth-order valence-corrected chi connectivity index (χ4v) is 7.02. The number of nitrogens with one attached hydrogen (secondary N) is 7. The third kappa shape index (κ3) is 13.6. The number of aromatic nitrogens is 3. The Morgan fingerprint density at radius 2 is 1.48 bits per heavy atom. The van der Waals surface area contributed by atoms with Gasteiger partial charge in [0.2, 0.25) is 35.4 Å². The van der Waals surface area contributed by atoms with E-state index < -0.39 is 122 Å². The van der Waals surface area contributed by atoms with Crippen LogP contribution in [0.5, 0.6) is 0 Å². The highest BCUT2D eigenvalue weighted by molar-refractivity contribution is 5.98. The topological polar surface area (TPSA) is 368 Å². The fourth-order valence-electron chi connectivity index (χ4n) is 7.02. The molecule has 342 valence electrons. The summed E-state index contributed by atoms with van der Waals surface area (Å²) in [5.41, 5.74) is 7.76. The molecule has 0 spiro atoms. The number of carbonyl (C=O) groups is 9. The summed E-state index contributed by atoms with van der Waals surface area (Å²) in [6.45, 7) is 2.73. The highest BCUT2D eigenvalue weighted by atomic mass is 16.4. The van der Waals surface area contributed by atoms with Crippen LogP contribution in [0.2, 0.25) is 0 Å². The largest absolute Gasteiger partial charge is 0.481 e. The van der Waals surface area contributed by atoms with Crippen LogP contribution in [-0.4, -0.2) is 149 Å². The van der Waals surface area contributed by atoms with Gasteiger partial charge in [-0.1, -0.05) is 38.5 Å². The molecule has 1 aliphatic heterocycles. The van der Waals surface area contributed by atoms with Crippen LogP contribution in [-0.2, 0) is 56.0 Å². The fraction of sp³-hybridized carbons (Fsp3) is 0.500. The van der Waals surface area contributed by atoms with Crippen molar-refractivity contribution in [3.05, 3.63) is 54.2 Å². The second-order valence-corrected chi connectivity index (χ2v) is 15.3. The molecule has 1 saturated heterocycles. The summed E-state index contributed by atoms with van der Waals surface area (Å²) in [6.07, 6.45) is 2.79. The van der Waals surface area contributed by atoms with Gasteiger partial charge in [-0.3, -0.25) is 38.4 Å². The number of aliphatic carboxylic acids is 3. The Kier molecular flexibility index (Phi) is 17.7. The summed E-state index contributed by atoms with van der Waals surface area (Å²) in [7, 11) is 0. The number of imidazole rings is 1. The van der Waals surface area contributed by atoms with Gasteiger partial charge in [0.25, 0.3) is 0 Å². The molecule has 13 N–H and O–H groups in total. The molecule has 0 bridgehead atoms. The zero-order valence-corrected chi connectivity index (χ0v) is 34.7. The number of H-pyrrole nitrogens is 2. The molecule has 1 fully saturated rings. The normalized spacial score (nSPS) is 17.0. The number of fused-ring (bicyclic) bond motifs is 1. The van der Waals surface area contributed by atoms with E-state index in [1.807, 2.05) is 6.92 Å². The van der Waals surface area contributed by atoms with Crippen LogP contribution in [0.1, 0.15) is 63.6 Å². The van der Waals surface area contributed by atoms with Crippen LogP contribution < -0.4 is 32.3 Å². The third-order valence-electron chi connectivity index (χ3n) is 10.8. The van der Waals surface area contributed by atoms with Gasteiger partial charge in [0.05, 0.1) is 25.4 Å². The summed E-state index contributed by atoms with van der Waals surface area (Å²) >= 11 is 0. The predicted octanol–water partition coefficient (Wildman–Crippen LogP) is -2.12. The molecular formula is C40H54N10O13. The molecule has 1 aromatic carbocycles. The van der Waals surface area contributed by atoms with E-state index in [4.69, 9.17) is 10.8 Å². The minimum atomic E-state index is -1.83. The van der Waals surface area contributed by atoms with Crippen LogP contribution in [0.4, 0.5) is 0 Å². The van der Waals surface area contributed by atoms with E-state index in [1.165, 1.54) is 12.5 Å². The number of likely N-dealkylation sites (tertiary alicyclic amines) is 1. The number of nitrogens with zero attached hydrogens (tertiary/aromatic N) is 2. The number of rotatable bonds is 24. The van der Waals surface area contributed by atoms with Crippen molar-refractivity contribution in [2.24, 2.45) is 11.7 Å². The van der Waals surface area contributed by atoms with Crippen molar-refractivity contribution in [3.63, 3.8) is 0 Å². The van der Waals surface area contributed by atoms with Crippen molar-refractivity contribution in [1.29, 1.82) is 0 Å². The van der Waals surface area contributed by atoms with Gasteiger partial charge >= 0.3 is 17.9 Å². The second-order valence-electron chi connectivity index (χ2n) is 15.3. The van der Waals surface area contributed by atoms with Crippen molar-refractivity contribution in [3.8, 4) is 0 Å². The second kappa shape index (κ2) is 22.8. The lowest BCUT2D eigenvalue weighted by Gasteiger charge is -2.31. The van der Waals surface area contributed by atoms with Gasteiger partial charge in [-0.25, -0.2) is 9.78 Å². The lowest BCUT2D eigenvalue weighted by molar-refractivity contribution is -0.145. The number of carboxylic acids is 3. The first kappa shape index (κ1) is 48.8. The molecule has 6 amide bonds. The Balaban J connectivity index is 1.59. The molecule has 0 radical (unpaired) electrons. The molecule has 63 heavy (non-hydrogen) atoms. The van der Waals surface area contributed by atoms with Crippen molar-refractivity contribution >= 4 is 64.3 Å². The molecule has 23 nitrogen and oxygen atoms in total. The summed E-state index contributed by atoms with van der Waals surface area (Å²) in [5, 5.41) is 50.9. The summed E-state index contributed by atoms with van der Waals surface area (Å²) in [6, 6.07) is -3.00. The Morgan fingerprint density at radius 1 is 0.825 bits per heavy atom. The van der Waals surface area contributed by atoms with E-state index >= 15 is 0 Å². The zero-order valence-electron chi connectivity index (χ0n) is 34.7. The minimum absolute atomic E-state index is 0.00942. The Bertz CT molecular complexity index is 2130. The average Bonchev–Trinajstić information content (AvgIpc) is 4.04. The van der Waals surface area contributed by atoms with E-state index in [-0.39, 0.29) is 38.1 Å². The van der Waals surface area contributed by atoms with E-state index in [2.05, 4.69) is 41.5 Å². The molecule has 0 unspecified atom stereocenters. The lowest BCUT2D eigenvalue weighted by atomic mass is 9.99. The Labute approximate surface area is 360 Å². The SMILES string of the molecule is CC[C@H](C)[C@H](N)C(=O)N[C@@H](CO)C(=O)N[C@@H](Cc1c[nH]c2ccccc12)C(=O)N[C@@H](Cc1cnc[nH]1)C(=O)N1CCC[C@H]1C(=O)N[C@@H](CC(=O)O)C(=O)N[C@@H](CCC(=O)O)C(=O)O. The number of hydrogen-bond donors (Lipinski definition) is 12. The van der Waals surface area contributed by atoms with Gasteiger partial charge in [0.15, 0.2) is 0 Å². The molecule has 0 aliphatic carbocycles. The number of carboxylic acid groups (broad SMARTS) is 3. The maximum absolute atomic E-state index is 14.4. The van der Waals surface area contributed by atoms with Gasteiger partial charge in [0.1, 0.15) is 36.3 Å². The average molecular weight is 883 g/mol. The van der Waals surface area contributed by atoms with Crippen LogP contribution in [0.25, 0.3) is 10.9 Å². The highest BCUT2D eigenvalue weighted by Gasteiger charge is 2.41. The van der Waals surface area contributed by atoms with E-state index in [0.717, 1.165) is 15.8 Å². The van der Waals surface area contributed by atoms with Crippen molar-refractivity contribution in [2.45, 2.75) is 108 Å². The molecular weight excluding hydrogens is 828 g/mol. The van der Waals surface area contributed by atoms with Gasteiger partial charge in [-0.2, -0.15) is 0 Å². The lowest BCUT2D eigenvalue weighted by Crippen LogP contribution is -2.61. The van der Waals surface area contributed by atoms with Crippen molar-refractivity contribution in [1.82, 2.24) is 46.4 Å². The number of aromatic amines is 2. The number of amides is 6. The number of para-hydroxylation sites is 1. The summed E-state index contributed by atoms with van der Waals surface area (Å²) in [4.78, 5) is 128. The van der Waals surface area contributed by atoms with E-state index in [9.17, 15) is 58.5 Å². The standard InChI is InChI=1S/C40H54N10O13/c1-3-20(2)33(41)38(60)49-29(18-51)36(58)46-26(13-21-16-43-24-8-5-4-7-23(21)24)34(56)48-28(14-22-17-42-19-44-22)39(61)50-12-6-9-30(50)37(59)47-27(15-32(54)55)35(57)45-25(40(62)63)10-11-31(52)53/h4-5,7-8,16-17,19-20,25-30,33,43,51H,3,6,9-15,18,41H2,1-2H3,(H,42,44)(H,45,57)(H,46,58)(H,47,59)(H,48,56)(H,49,60)(H,52,53)(H,54,55)(H,62,63)/t20-,25-,26-,27-,28-,29-,30-,33-/m0/s1. The van der Waals surface area contributed by atoms with Crippen LogP contribution in [0.3, 0.4) is 0 Å². The molecule has 1 aliphatic rings. The van der Waals surface area contributed by atoms with Gasteiger partial charge < -0.3 is 67.6 Å². The monoisotopic (exact) mass is 882 g/mol. The van der Waals surface area contributed by atoms with Crippen LogP contribution in [0, 0.1) is 5.92 Å². The number of benzene rings is 1. The van der Waals surface area contributed by atoms with Gasteiger partial charge in [0, 0.05) is 54.8 Å². The quantitative estimate of drug-likeness (QED) is 0.0458. The first-order valence-corrected chi connectivity index (χ1v) is 20.3. The smallest absolute Gasteiger partial charge is 0.326 e. The molecule has 23 heteroatoms. The third-order valence-corrected chi connectivity index (χ3v) is 10.8. The maximum atomic E-state index is 14.4. The molecule has 4 rings (SSSR count). The predicted molar refractivity (Wildman–Crippen MR) is 220 cm³/mol. The van der Waals surface area contributed by atoms with E-state index in [0.29, 0.717) is 17.7 Å². The Morgan fingerprint density at radius 3 is 2.11 bits per heavy atom. The molecule has 2 aromatic heterocycles. The van der Waals surface area contributed by atoms with Crippen LogP contribution in [0.15, 0.2) is 43.0 Å². The number of hydrogen-bond acceptors (Lipinski definition) is 12. The molecule has 8 atom stereocenters. The Hall–Kier alpha value is -6.88. The first-order valence-electron chi connectivity index (χ1n) is 20.3. The highest BCUT2D eigenvalue weighted by Crippen LogP contribution is 2.22. The first-order chi connectivity index (χ1) is 29.9. The summed E-state index contributed by atoms with van der Waals surface area (Å²) < 4.78 is 0. The van der Waals surface area contributed by atoms with E-state index in [1.54, 1.807) is 37.4 Å². The number of aliphatic hydroxyl groups is 1. The number of nitrogens with two attached hydrogens (primary N) is 1. The van der Waals surface area contributed by atoms with Gasteiger partial charge in [-0.15, -0.1) is 0 Å². The summed E-state index contributed by atoms with van der Waals surface area (Å²) in [5.74, 6) is -10.1. The number of carbonyl (C=O) groups excluding carboxylic acids is 6. The zero-order chi connectivity index (χ0) is 46.4.